The van der Waals surface area contributed by atoms with Crippen molar-refractivity contribution in [1.82, 2.24) is 5.32 Å². The molecule has 1 aromatic carbocycles. The molecule has 20 heavy (non-hydrogen) atoms. The van der Waals surface area contributed by atoms with Crippen LogP contribution in [0, 0.1) is 0 Å². The molecule has 7 heteroatoms. The van der Waals surface area contributed by atoms with Crippen LogP contribution in [0.4, 0.5) is 0 Å². The van der Waals surface area contributed by atoms with Gasteiger partial charge in [0.05, 0.1) is 20.0 Å². The van der Waals surface area contributed by atoms with Crippen molar-refractivity contribution in [3.8, 4) is 5.75 Å². The summed E-state index contributed by atoms with van der Waals surface area (Å²) < 4.78 is 5.02. The molecule has 0 saturated heterocycles. The first-order chi connectivity index (χ1) is 9.42. The van der Waals surface area contributed by atoms with Gasteiger partial charge in [-0.3, -0.25) is 9.59 Å². The van der Waals surface area contributed by atoms with Crippen LogP contribution in [0.15, 0.2) is 24.3 Å². The average Bonchev–Trinajstić information content (AvgIpc) is 2.37. The fraction of sp³-hybridized carbons (Fsp3) is 0.308. The molecule has 0 radical (unpaired) electrons. The molecule has 0 aliphatic carbocycles. The molecule has 1 rings (SSSR count). The Morgan fingerprint density at radius 3 is 2.65 bits per heavy atom. The van der Waals surface area contributed by atoms with Crippen molar-refractivity contribution in [2.75, 3.05) is 7.11 Å². The Labute approximate surface area is 115 Å². The average molecular weight is 280 g/mol. The maximum Gasteiger partial charge on any atom is 0.326 e. The van der Waals surface area contributed by atoms with E-state index in [0.29, 0.717) is 11.3 Å². The van der Waals surface area contributed by atoms with E-state index in [9.17, 15) is 14.4 Å². The van der Waals surface area contributed by atoms with Crippen LogP contribution in [0.3, 0.4) is 0 Å². The molecule has 1 aromatic rings. The Morgan fingerprint density at radius 2 is 2.10 bits per heavy atom. The van der Waals surface area contributed by atoms with Crippen molar-refractivity contribution in [3.63, 3.8) is 0 Å². The van der Waals surface area contributed by atoms with E-state index in [0.717, 1.165) is 0 Å². The first-order valence-electron chi connectivity index (χ1n) is 5.85. The zero-order valence-corrected chi connectivity index (χ0v) is 11.0. The molecule has 0 saturated carbocycles. The molecule has 7 nitrogen and oxygen atoms in total. The van der Waals surface area contributed by atoms with E-state index < -0.39 is 30.2 Å². The number of hydrogen-bond donors (Lipinski definition) is 3. The molecule has 108 valence electrons. The molecule has 1 atom stereocenters. The standard InChI is InChI=1S/C13H16N2O5/c1-20-9-4-2-3-8(5-9)6-12(17)15-10(13(18)19)7-11(14)16/h2-5,10H,6-7H2,1H3,(H2,14,16)(H,15,17)(H,18,19)/t10-/m0/s1. The van der Waals surface area contributed by atoms with Gasteiger partial charge in [-0.2, -0.15) is 0 Å². The maximum atomic E-state index is 11.7. The van der Waals surface area contributed by atoms with E-state index in [1.165, 1.54) is 7.11 Å². The van der Waals surface area contributed by atoms with E-state index in [2.05, 4.69) is 5.32 Å². The lowest BCUT2D eigenvalue weighted by molar-refractivity contribution is -0.143. The number of amides is 2. The fourth-order valence-electron chi connectivity index (χ4n) is 1.61. The highest BCUT2D eigenvalue weighted by Crippen LogP contribution is 2.12. The van der Waals surface area contributed by atoms with Gasteiger partial charge in [0, 0.05) is 0 Å². The summed E-state index contributed by atoms with van der Waals surface area (Å²) in [6, 6.07) is 5.52. The number of methoxy groups -OCH3 is 1. The summed E-state index contributed by atoms with van der Waals surface area (Å²) >= 11 is 0. The highest BCUT2D eigenvalue weighted by molar-refractivity contribution is 5.88. The number of aliphatic carboxylic acids is 1. The Morgan fingerprint density at radius 1 is 1.40 bits per heavy atom. The van der Waals surface area contributed by atoms with Gasteiger partial charge in [-0.25, -0.2) is 4.79 Å². The molecule has 0 aromatic heterocycles. The zero-order valence-electron chi connectivity index (χ0n) is 11.0. The number of nitrogens with two attached hydrogens (primary N) is 1. The molecule has 0 unspecified atom stereocenters. The Balaban J connectivity index is 2.65. The minimum atomic E-state index is -1.31. The Hall–Kier alpha value is -2.57. The molecular formula is C13H16N2O5. The predicted octanol–water partition coefficient (Wildman–Crippen LogP) is -0.317. The van der Waals surface area contributed by atoms with Crippen LogP contribution in [-0.4, -0.2) is 36.0 Å². The third-order valence-corrected chi connectivity index (χ3v) is 2.54. The number of carbonyl (C=O) groups is 3. The van der Waals surface area contributed by atoms with Crippen molar-refractivity contribution >= 4 is 17.8 Å². The smallest absolute Gasteiger partial charge is 0.326 e. The molecule has 0 spiro atoms. The molecule has 4 N–H and O–H groups in total. The third-order valence-electron chi connectivity index (χ3n) is 2.54. The van der Waals surface area contributed by atoms with Crippen LogP contribution in [0.5, 0.6) is 5.75 Å². The van der Waals surface area contributed by atoms with E-state index >= 15 is 0 Å². The van der Waals surface area contributed by atoms with Crippen molar-refractivity contribution in [2.24, 2.45) is 5.73 Å². The molecule has 0 aliphatic rings. The summed E-state index contributed by atoms with van der Waals surface area (Å²) in [5, 5.41) is 11.1. The summed E-state index contributed by atoms with van der Waals surface area (Å²) in [5.41, 5.74) is 5.60. The van der Waals surface area contributed by atoms with Gasteiger partial charge < -0.3 is 20.9 Å². The summed E-state index contributed by atoms with van der Waals surface area (Å²) in [4.78, 5) is 33.4. The summed E-state index contributed by atoms with van der Waals surface area (Å²) in [6.45, 7) is 0. The third kappa shape index (κ3) is 4.97. The summed E-state index contributed by atoms with van der Waals surface area (Å²) in [6.07, 6.45) is -0.459. The topological polar surface area (TPSA) is 119 Å². The highest BCUT2D eigenvalue weighted by atomic mass is 16.5. The van der Waals surface area contributed by atoms with Gasteiger partial charge in [0.1, 0.15) is 11.8 Å². The van der Waals surface area contributed by atoms with E-state index in [1.807, 2.05) is 0 Å². The molecule has 0 heterocycles. The Bertz CT molecular complexity index is 515. The second-order valence-corrected chi connectivity index (χ2v) is 4.16. The molecule has 0 bridgehead atoms. The van der Waals surface area contributed by atoms with Crippen LogP contribution in [0.1, 0.15) is 12.0 Å². The van der Waals surface area contributed by atoms with Crippen molar-refractivity contribution in [2.45, 2.75) is 18.9 Å². The lowest BCUT2D eigenvalue weighted by Gasteiger charge is -2.13. The second kappa shape index (κ2) is 7.13. The van der Waals surface area contributed by atoms with Gasteiger partial charge in [-0.15, -0.1) is 0 Å². The highest BCUT2D eigenvalue weighted by Gasteiger charge is 2.22. The lowest BCUT2D eigenvalue weighted by Crippen LogP contribution is -2.43. The first-order valence-corrected chi connectivity index (χ1v) is 5.85. The fourth-order valence-corrected chi connectivity index (χ4v) is 1.61. The maximum absolute atomic E-state index is 11.7. The minimum Gasteiger partial charge on any atom is -0.497 e. The van der Waals surface area contributed by atoms with Crippen molar-refractivity contribution in [3.05, 3.63) is 29.8 Å². The first kappa shape index (κ1) is 15.5. The number of carbonyl (C=O) groups excluding carboxylic acids is 2. The Kier molecular flexibility index (Phi) is 5.52. The van der Waals surface area contributed by atoms with Crippen molar-refractivity contribution < 1.29 is 24.2 Å². The number of hydrogen-bond acceptors (Lipinski definition) is 4. The van der Waals surface area contributed by atoms with Gasteiger partial charge in [0.15, 0.2) is 0 Å². The van der Waals surface area contributed by atoms with Crippen LogP contribution < -0.4 is 15.8 Å². The number of primary amides is 1. The summed E-state index contributed by atoms with van der Waals surface area (Å²) in [5.74, 6) is -2.00. The van der Waals surface area contributed by atoms with E-state index in [4.69, 9.17) is 15.6 Å². The SMILES string of the molecule is COc1cccc(CC(=O)N[C@@H](CC(N)=O)C(=O)O)c1. The second-order valence-electron chi connectivity index (χ2n) is 4.16. The van der Waals surface area contributed by atoms with Gasteiger partial charge in [-0.05, 0) is 17.7 Å². The van der Waals surface area contributed by atoms with Crippen LogP contribution in [-0.2, 0) is 20.8 Å². The van der Waals surface area contributed by atoms with Gasteiger partial charge in [-0.1, -0.05) is 12.1 Å². The molecular weight excluding hydrogens is 264 g/mol. The van der Waals surface area contributed by atoms with Crippen LogP contribution in [0.25, 0.3) is 0 Å². The van der Waals surface area contributed by atoms with Crippen LogP contribution >= 0.6 is 0 Å². The quantitative estimate of drug-likeness (QED) is 0.632. The summed E-state index contributed by atoms with van der Waals surface area (Å²) in [7, 11) is 1.51. The normalized spacial score (nSPS) is 11.4. The van der Waals surface area contributed by atoms with E-state index in [-0.39, 0.29) is 6.42 Å². The number of ether oxygens (including phenoxy) is 1. The molecule has 0 fully saturated rings. The van der Waals surface area contributed by atoms with Gasteiger partial charge >= 0.3 is 5.97 Å². The van der Waals surface area contributed by atoms with E-state index in [1.54, 1.807) is 24.3 Å². The largest absolute Gasteiger partial charge is 0.497 e. The number of carboxylic acids is 1. The lowest BCUT2D eigenvalue weighted by atomic mass is 10.1. The van der Waals surface area contributed by atoms with Gasteiger partial charge in [0.25, 0.3) is 0 Å². The molecule has 2 amide bonds. The van der Waals surface area contributed by atoms with Gasteiger partial charge in [0.2, 0.25) is 11.8 Å². The number of rotatable bonds is 7. The number of carboxylic acid groups (broad SMARTS) is 1. The molecule has 0 aliphatic heterocycles. The minimum absolute atomic E-state index is 0.0141. The number of nitrogens with one attached hydrogen (secondary N) is 1. The van der Waals surface area contributed by atoms with Crippen LogP contribution in [0.2, 0.25) is 0 Å². The predicted molar refractivity (Wildman–Crippen MR) is 70.1 cm³/mol. The number of benzene rings is 1. The van der Waals surface area contributed by atoms with Crippen molar-refractivity contribution in [1.29, 1.82) is 0 Å². The zero-order chi connectivity index (χ0) is 15.1. The monoisotopic (exact) mass is 280 g/mol.